The quantitative estimate of drug-likeness (QED) is 0.342. The van der Waals surface area contributed by atoms with Crippen LogP contribution in [0.15, 0.2) is 18.2 Å². The van der Waals surface area contributed by atoms with Gasteiger partial charge in [0.05, 0.1) is 10.5 Å². The normalized spacial score (nSPS) is 10.1. The number of hydrogen-bond acceptors (Lipinski definition) is 5. The van der Waals surface area contributed by atoms with Crippen LogP contribution in [0.25, 0.3) is 0 Å². The predicted octanol–water partition coefficient (Wildman–Crippen LogP) is 2.71. The third-order valence-corrected chi connectivity index (χ3v) is 3.14. The van der Waals surface area contributed by atoms with E-state index in [4.69, 9.17) is 16.3 Å². The molecule has 0 aliphatic carbocycles. The molecule has 1 aromatic rings. The van der Waals surface area contributed by atoms with Gasteiger partial charge in [0.2, 0.25) is 0 Å². The number of nitro benzene ring substituents is 1. The first kappa shape index (κ1) is 17.9. The summed E-state index contributed by atoms with van der Waals surface area (Å²) in [5, 5.41) is 13.3. The summed E-state index contributed by atoms with van der Waals surface area (Å²) in [5.74, 6) is -1.23. The number of hydrogen-bond donors (Lipinski definition) is 1. The Morgan fingerprint density at radius 1 is 1.36 bits per heavy atom. The molecule has 1 N–H and O–H groups in total. The number of nitrogens with one attached hydrogen (secondary N) is 1. The molecule has 1 aromatic carbocycles. The van der Waals surface area contributed by atoms with Gasteiger partial charge >= 0.3 is 5.97 Å². The van der Waals surface area contributed by atoms with Crippen molar-refractivity contribution in [1.29, 1.82) is 0 Å². The van der Waals surface area contributed by atoms with Crippen molar-refractivity contribution in [2.45, 2.75) is 26.2 Å². The molecule has 1 amide bonds. The molecule has 0 aromatic heterocycles. The number of carbonyl (C=O) groups is 2. The predicted molar refractivity (Wildman–Crippen MR) is 80.9 cm³/mol. The Kier molecular flexibility index (Phi) is 7.31. The van der Waals surface area contributed by atoms with E-state index < -0.39 is 23.4 Å². The number of rotatable bonds is 8. The minimum atomic E-state index is -0.816. The van der Waals surface area contributed by atoms with Gasteiger partial charge in [0.15, 0.2) is 6.61 Å². The molecule has 7 nitrogen and oxygen atoms in total. The van der Waals surface area contributed by atoms with Crippen LogP contribution in [0, 0.1) is 10.1 Å². The molecule has 0 bridgehead atoms. The fraction of sp³-hybridized carbons (Fsp3) is 0.429. The van der Waals surface area contributed by atoms with Crippen molar-refractivity contribution < 1.29 is 19.2 Å². The number of unbranched alkanes of at least 4 members (excludes halogenated alkanes) is 2. The summed E-state index contributed by atoms with van der Waals surface area (Å²) >= 11 is 5.65. The molecule has 0 saturated carbocycles. The summed E-state index contributed by atoms with van der Waals surface area (Å²) in [6, 6.07) is 3.56. The lowest BCUT2D eigenvalue weighted by atomic mass is 10.2. The topological polar surface area (TPSA) is 98.5 Å². The number of ether oxygens (including phenoxy) is 1. The van der Waals surface area contributed by atoms with Gasteiger partial charge in [-0.1, -0.05) is 31.4 Å². The maximum atomic E-state index is 11.7. The average Bonchev–Trinajstić information content (AvgIpc) is 2.49. The second-order valence-corrected chi connectivity index (χ2v) is 4.96. The van der Waals surface area contributed by atoms with Gasteiger partial charge in [-0.05, 0) is 18.6 Å². The van der Waals surface area contributed by atoms with Gasteiger partial charge in [-0.3, -0.25) is 14.9 Å². The first-order valence-electron chi connectivity index (χ1n) is 6.83. The van der Waals surface area contributed by atoms with Gasteiger partial charge in [0, 0.05) is 12.6 Å². The lowest BCUT2D eigenvalue weighted by Crippen LogP contribution is -2.29. The Balaban J connectivity index is 2.50. The van der Waals surface area contributed by atoms with E-state index in [0.29, 0.717) is 6.54 Å². The van der Waals surface area contributed by atoms with Crippen molar-refractivity contribution in [3.63, 3.8) is 0 Å². The summed E-state index contributed by atoms with van der Waals surface area (Å²) in [5.41, 5.74) is -0.421. The van der Waals surface area contributed by atoms with Crippen LogP contribution in [0.5, 0.6) is 0 Å². The Labute approximate surface area is 132 Å². The van der Waals surface area contributed by atoms with Crippen LogP contribution in [0.3, 0.4) is 0 Å². The van der Waals surface area contributed by atoms with Gasteiger partial charge < -0.3 is 10.1 Å². The van der Waals surface area contributed by atoms with Crippen molar-refractivity contribution in [2.24, 2.45) is 0 Å². The molecule has 0 fully saturated rings. The van der Waals surface area contributed by atoms with Crippen LogP contribution >= 0.6 is 11.6 Å². The maximum Gasteiger partial charge on any atom is 0.338 e. The minimum Gasteiger partial charge on any atom is -0.452 e. The second kappa shape index (κ2) is 8.99. The van der Waals surface area contributed by atoms with E-state index >= 15 is 0 Å². The van der Waals surface area contributed by atoms with Gasteiger partial charge in [0.25, 0.3) is 11.6 Å². The summed E-state index contributed by atoms with van der Waals surface area (Å²) < 4.78 is 4.80. The molecule has 0 aliphatic heterocycles. The zero-order valence-electron chi connectivity index (χ0n) is 12.1. The first-order valence-corrected chi connectivity index (χ1v) is 7.21. The fourth-order valence-electron chi connectivity index (χ4n) is 1.65. The van der Waals surface area contributed by atoms with Gasteiger partial charge in [-0.25, -0.2) is 4.79 Å². The first-order chi connectivity index (χ1) is 10.5. The molecule has 1 rings (SSSR count). The van der Waals surface area contributed by atoms with E-state index in [-0.39, 0.29) is 16.3 Å². The molecule has 22 heavy (non-hydrogen) atoms. The highest BCUT2D eigenvalue weighted by Gasteiger charge is 2.17. The monoisotopic (exact) mass is 328 g/mol. The van der Waals surface area contributed by atoms with Crippen molar-refractivity contribution >= 4 is 29.2 Å². The second-order valence-electron chi connectivity index (χ2n) is 4.56. The zero-order chi connectivity index (χ0) is 16.5. The standard InChI is InChI=1S/C14H17ClN2O5/c1-2-3-4-7-16-13(18)9-22-14(19)10-5-6-11(15)12(8-10)17(20)21/h5-6,8H,2-4,7,9H2,1H3,(H,16,18). The summed E-state index contributed by atoms with van der Waals surface area (Å²) in [4.78, 5) is 33.2. The highest BCUT2D eigenvalue weighted by atomic mass is 35.5. The third-order valence-electron chi connectivity index (χ3n) is 2.82. The molecule has 0 atom stereocenters. The van der Waals surface area contributed by atoms with Crippen LogP contribution in [0.2, 0.25) is 5.02 Å². The van der Waals surface area contributed by atoms with Crippen LogP contribution in [-0.4, -0.2) is 30.0 Å². The Morgan fingerprint density at radius 3 is 2.73 bits per heavy atom. The molecule has 120 valence electrons. The minimum absolute atomic E-state index is 0.0325. The molecule has 0 aliphatic rings. The highest BCUT2D eigenvalue weighted by molar-refractivity contribution is 6.32. The lowest BCUT2D eigenvalue weighted by molar-refractivity contribution is -0.384. The van der Waals surface area contributed by atoms with Gasteiger partial charge in [-0.15, -0.1) is 0 Å². The number of benzene rings is 1. The van der Waals surface area contributed by atoms with Crippen molar-refractivity contribution in [3.8, 4) is 0 Å². The smallest absolute Gasteiger partial charge is 0.338 e. The Morgan fingerprint density at radius 2 is 2.09 bits per heavy atom. The van der Waals surface area contributed by atoms with Crippen LogP contribution in [-0.2, 0) is 9.53 Å². The summed E-state index contributed by atoms with van der Waals surface area (Å²) in [7, 11) is 0. The number of halogens is 1. The maximum absolute atomic E-state index is 11.7. The van der Waals surface area contributed by atoms with E-state index in [1.165, 1.54) is 12.1 Å². The molecule has 0 spiro atoms. The van der Waals surface area contributed by atoms with Crippen LogP contribution < -0.4 is 5.32 Å². The van der Waals surface area contributed by atoms with E-state index in [0.717, 1.165) is 25.3 Å². The number of esters is 1. The van der Waals surface area contributed by atoms with E-state index in [9.17, 15) is 19.7 Å². The van der Waals surface area contributed by atoms with Crippen LogP contribution in [0.1, 0.15) is 36.5 Å². The molecular formula is C14H17ClN2O5. The third kappa shape index (κ3) is 5.69. The number of nitro groups is 1. The largest absolute Gasteiger partial charge is 0.452 e. The molecule has 8 heteroatoms. The average molecular weight is 329 g/mol. The van der Waals surface area contributed by atoms with Crippen molar-refractivity contribution in [2.75, 3.05) is 13.2 Å². The highest BCUT2D eigenvalue weighted by Crippen LogP contribution is 2.25. The molecule has 0 radical (unpaired) electrons. The van der Waals surface area contributed by atoms with Crippen molar-refractivity contribution in [1.82, 2.24) is 5.32 Å². The molecule has 0 saturated heterocycles. The zero-order valence-corrected chi connectivity index (χ0v) is 12.9. The summed E-state index contributed by atoms with van der Waals surface area (Å²) in [6.07, 6.45) is 2.91. The molecule has 0 unspecified atom stereocenters. The molecule has 0 heterocycles. The lowest BCUT2D eigenvalue weighted by Gasteiger charge is -2.06. The Hall–Kier alpha value is -2.15. The van der Waals surface area contributed by atoms with E-state index in [2.05, 4.69) is 12.2 Å². The van der Waals surface area contributed by atoms with Crippen molar-refractivity contribution in [3.05, 3.63) is 38.9 Å². The number of nitrogens with zero attached hydrogens (tertiary/aromatic N) is 1. The van der Waals surface area contributed by atoms with E-state index in [1.54, 1.807) is 0 Å². The van der Waals surface area contributed by atoms with Gasteiger partial charge in [-0.2, -0.15) is 0 Å². The van der Waals surface area contributed by atoms with Crippen LogP contribution in [0.4, 0.5) is 5.69 Å². The number of carbonyl (C=O) groups excluding carboxylic acids is 2. The fourth-order valence-corrected chi connectivity index (χ4v) is 1.83. The SMILES string of the molecule is CCCCCNC(=O)COC(=O)c1ccc(Cl)c([N+](=O)[O-])c1. The number of amides is 1. The summed E-state index contributed by atoms with van der Waals surface area (Å²) in [6.45, 7) is 2.15. The van der Waals surface area contributed by atoms with Gasteiger partial charge in [0.1, 0.15) is 5.02 Å². The molecular weight excluding hydrogens is 312 g/mol. The Bertz CT molecular complexity index is 562. The van der Waals surface area contributed by atoms with E-state index in [1.807, 2.05) is 0 Å².